The lowest BCUT2D eigenvalue weighted by Crippen LogP contribution is -2.53. The summed E-state index contributed by atoms with van der Waals surface area (Å²) in [6.07, 6.45) is 0.395. The van der Waals surface area contributed by atoms with Crippen molar-refractivity contribution in [2.45, 2.75) is 31.8 Å². The Morgan fingerprint density at radius 3 is 2.70 bits per heavy atom. The molecule has 3 aliphatic rings. The summed E-state index contributed by atoms with van der Waals surface area (Å²) >= 11 is 0. The molecular formula is C28H32N4O5. The van der Waals surface area contributed by atoms with Gasteiger partial charge >= 0.3 is 6.03 Å². The van der Waals surface area contributed by atoms with Gasteiger partial charge in [0.05, 0.1) is 19.8 Å². The maximum absolute atomic E-state index is 14.0. The molecule has 6 rings (SSSR count). The van der Waals surface area contributed by atoms with Crippen LogP contribution >= 0.6 is 0 Å². The first kappa shape index (κ1) is 23.8. The molecule has 0 aliphatic carbocycles. The van der Waals surface area contributed by atoms with Gasteiger partial charge in [-0.15, -0.1) is 0 Å². The number of nitrogens with one attached hydrogen (secondary N) is 1. The van der Waals surface area contributed by atoms with Crippen molar-refractivity contribution >= 4 is 22.8 Å². The molecule has 2 atom stereocenters. The summed E-state index contributed by atoms with van der Waals surface area (Å²) < 4.78 is 11.2. The number of carbonyl (C=O) groups is 2. The Kier molecular flexibility index (Phi) is 5.84. The van der Waals surface area contributed by atoms with Gasteiger partial charge < -0.3 is 19.6 Å². The molecule has 2 N–H and O–H groups in total. The maximum atomic E-state index is 14.0. The molecule has 0 saturated carbocycles. The number of phenols is 1. The van der Waals surface area contributed by atoms with Crippen molar-refractivity contribution in [2.75, 3.05) is 46.0 Å². The Morgan fingerprint density at radius 1 is 1.14 bits per heavy atom. The van der Waals surface area contributed by atoms with Gasteiger partial charge in [0, 0.05) is 49.2 Å². The molecule has 9 nitrogen and oxygen atoms in total. The quantitative estimate of drug-likeness (QED) is 0.500. The largest absolute Gasteiger partial charge is 0.508 e. The predicted octanol–water partition coefficient (Wildman–Crippen LogP) is 3.27. The number of morpholine rings is 1. The van der Waals surface area contributed by atoms with Gasteiger partial charge in [0.25, 0.3) is 5.91 Å². The maximum Gasteiger partial charge on any atom is 0.328 e. The van der Waals surface area contributed by atoms with Crippen LogP contribution in [-0.2, 0) is 16.0 Å². The van der Waals surface area contributed by atoms with E-state index in [1.165, 1.54) is 4.90 Å². The summed E-state index contributed by atoms with van der Waals surface area (Å²) in [5, 5.41) is 11.3. The fourth-order valence-electron chi connectivity index (χ4n) is 6.05. The van der Waals surface area contributed by atoms with Crippen molar-refractivity contribution in [1.29, 1.82) is 0 Å². The van der Waals surface area contributed by atoms with E-state index < -0.39 is 11.6 Å². The van der Waals surface area contributed by atoms with Gasteiger partial charge in [-0.3, -0.25) is 19.5 Å². The van der Waals surface area contributed by atoms with Crippen molar-refractivity contribution in [1.82, 2.24) is 19.7 Å². The number of aromatic nitrogens is 1. The van der Waals surface area contributed by atoms with E-state index in [1.54, 1.807) is 23.1 Å². The van der Waals surface area contributed by atoms with Gasteiger partial charge in [0.15, 0.2) is 0 Å². The average molecular weight is 505 g/mol. The molecule has 2 fully saturated rings. The molecule has 194 valence electrons. The number of rotatable bonds is 6. The number of imide groups is 1. The monoisotopic (exact) mass is 504 g/mol. The minimum atomic E-state index is -1.05. The lowest BCUT2D eigenvalue weighted by molar-refractivity contribution is -0.133. The van der Waals surface area contributed by atoms with Crippen LogP contribution in [0.4, 0.5) is 4.79 Å². The van der Waals surface area contributed by atoms with Crippen LogP contribution in [-0.4, -0.2) is 88.3 Å². The molecule has 0 spiro atoms. The molecule has 0 radical (unpaired) electrons. The van der Waals surface area contributed by atoms with Gasteiger partial charge in [0.1, 0.15) is 23.1 Å². The van der Waals surface area contributed by atoms with E-state index in [-0.39, 0.29) is 17.7 Å². The first-order chi connectivity index (χ1) is 17.9. The van der Waals surface area contributed by atoms with Crippen LogP contribution in [0, 0.1) is 0 Å². The SMILES string of the molecule is CCOc1ccc2[nH]c3c(c2c1)CC1(C)C(=O)N(CCN2CCOCC2)C(=O)N1C3c1cccc(O)c1. The Balaban J connectivity index is 1.44. The molecular weight excluding hydrogens is 472 g/mol. The highest BCUT2D eigenvalue weighted by Gasteiger charge is 2.60. The molecule has 0 bridgehead atoms. The van der Waals surface area contributed by atoms with Crippen molar-refractivity contribution in [3.8, 4) is 11.5 Å². The number of carbonyl (C=O) groups excluding carboxylic acids is 2. The number of urea groups is 1. The third-order valence-corrected chi connectivity index (χ3v) is 7.88. The lowest BCUT2D eigenvalue weighted by atomic mass is 9.81. The number of amides is 3. The lowest BCUT2D eigenvalue weighted by Gasteiger charge is -2.42. The predicted molar refractivity (Wildman–Crippen MR) is 138 cm³/mol. The minimum Gasteiger partial charge on any atom is -0.508 e. The van der Waals surface area contributed by atoms with E-state index in [4.69, 9.17) is 9.47 Å². The summed E-state index contributed by atoms with van der Waals surface area (Å²) in [5.74, 6) is 0.694. The fourth-order valence-corrected chi connectivity index (χ4v) is 6.05. The van der Waals surface area contributed by atoms with Crippen LogP contribution in [0.1, 0.15) is 36.7 Å². The van der Waals surface area contributed by atoms with E-state index >= 15 is 0 Å². The second-order valence-corrected chi connectivity index (χ2v) is 10.2. The van der Waals surface area contributed by atoms with E-state index in [9.17, 15) is 14.7 Å². The summed E-state index contributed by atoms with van der Waals surface area (Å²) in [4.78, 5) is 36.8. The zero-order valence-corrected chi connectivity index (χ0v) is 21.2. The number of benzene rings is 2. The van der Waals surface area contributed by atoms with Gasteiger partial charge in [-0.05, 0) is 55.3 Å². The number of nitrogens with zero attached hydrogens (tertiary/aromatic N) is 3. The number of ether oxygens (including phenoxy) is 2. The van der Waals surface area contributed by atoms with Crippen LogP contribution in [0.3, 0.4) is 0 Å². The van der Waals surface area contributed by atoms with Crippen molar-refractivity contribution < 1.29 is 24.2 Å². The average Bonchev–Trinajstić information content (AvgIpc) is 3.33. The van der Waals surface area contributed by atoms with E-state index in [0.29, 0.717) is 39.3 Å². The zero-order valence-electron chi connectivity index (χ0n) is 21.2. The molecule has 2 saturated heterocycles. The number of fused-ring (bicyclic) bond motifs is 4. The molecule has 37 heavy (non-hydrogen) atoms. The molecule has 1 aromatic heterocycles. The first-order valence-electron chi connectivity index (χ1n) is 12.9. The highest BCUT2D eigenvalue weighted by molar-refractivity contribution is 6.08. The standard InChI is InChI=1S/C28H32N4O5/c1-3-37-20-7-8-23-21(16-20)22-17-28(2)26(34)31(10-9-30-11-13-36-14-12-30)27(35)32(28)25(24(22)29-23)18-5-4-6-19(33)15-18/h4-8,15-16,25,29,33H,3,9-14,17H2,1-2H3. The molecule has 4 heterocycles. The first-order valence-corrected chi connectivity index (χ1v) is 12.9. The highest BCUT2D eigenvalue weighted by atomic mass is 16.5. The van der Waals surface area contributed by atoms with Crippen LogP contribution in [0.25, 0.3) is 10.9 Å². The second-order valence-electron chi connectivity index (χ2n) is 10.2. The number of hydrogen-bond acceptors (Lipinski definition) is 6. The summed E-state index contributed by atoms with van der Waals surface area (Å²) in [5.41, 5.74) is 2.48. The van der Waals surface area contributed by atoms with Crippen LogP contribution in [0.15, 0.2) is 42.5 Å². The van der Waals surface area contributed by atoms with Crippen molar-refractivity contribution in [3.05, 3.63) is 59.3 Å². The number of aromatic amines is 1. The number of aromatic hydroxyl groups is 1. The third-order valence-electron chi connectivity index (χ3n) is 7.88. The molecule has 2 unspecified atom stereocenters. The fraction of sp³-hybridized carbons (Fsp3) is 0.429. The minimum absolute atomic E-state index is 0.114. The van der Waals surface area contributed by atoms with Gasteiger partial charge in [-0.2, -0.15) is 0 Å². The molecule has 9 heteroatoms. The number of phenolic OH excluding ortho intramolecular Hbond substituents is 1. The van der Waals surface area contributed by atoms with Gasteiger partial charge in [-0.25, -0.2) is 4.79 Å². The van der Waals surface area contributed by atoms with Crippen LogP contribution in [0.5, 0.6) is 11.5 Å². The summed E-state index contributed by atoms with van der Waals surface area (Å²) in [6.45, 7) is 8.23. The van der Waals surface area contributed by atoms with Crippen molar-refractivity contribution in [3.63, 3.8) is 0 Å². The second kappa shape index (κ2) is 9.08. The Morgan fingerprint density at radius 2 is 1.95 bits per heavy atom. The molecule has 3 amide bonds. The third kappa shape index (κ3) is 3.84. The zero-order chi connectivity index (χ0) is 25.7. The van der Waals surface area contributed by atoms with E-state index in [0.717, 1.165) is 46.6 Å². The van der Waals surface area contributed by atoms with Crippen LogP contribution in [0.2, 0.25) is 0 Å². The topological polar surface area (TPSA) is 98.3 Å². The normalized spacial score (nSPS) is 24.0. The summed E-state index contributed by atoms with van der Waals surface area (Å²) in [7, 11) is 0. The van der Waals surface area contributed by atoms with Gasteiger partial charge in [0.2, 0.25) is 0 Å². The summed E-state index contributed by atoms with van der Waals surface area (Å²) in [6, 6.07) is 12.0. The Bertz CT molecular complexity index is 1360. The Labute approximate surface area is 215 Å². The Hall–Kier alpha value is -3.56. The van der Waals surface area contributed by atoms with Crippen molar-refractivity contribution in [2.24, 2.45) is 0 Å². The smallest absolute Gasteiger partial charge is 0.328 e. The van der Waals surface area contributed by atoms with Crippen LogP contribution < -0.4 is 4.74 Å². The number of hydrogen-bond donors (Lipinski definition) is 2. The highest BCUT2D eigenvalue weighted by Crippen LogP contribution is 2.49. The van der Waals surface area contributed by atoms with E-state index in [1.807, 2.05) is 38.1 Å². The molecule has 3 aromatic rings. The molecule has 2 aromatic carbocycles. The van der Waals surface area contributed by atoms with E-state index in [2.05, 4.69) is 9.88 Å². The van der Waals surface area contributed by atoms with Gasteiger partial charge in [-0.1, -0.05) is 12.1 Å². The number of H-pyrrole nitrogens is 1. The molecule has 3 aliphatic heterocycles.